The van der Waals surface area contributed by atoms with Gasteiger partial charge >= 0.3 is 5.97 Å². The molecule has 0 aliphatic rings. The molecule has 0 unspecified atom stereocenters. The molecule has 3 aromatic rings. The van der Waals surface area contributed by atoms with Gasteiger partial charge in [0.15, 0.2) is 0 Å². The van der Waals surface area contributed by atoms with Crippen LogP contribution in [-0.2, 0) is 11.2 Å². The molecule has 0 atom stereocenters. The summed E-state index contributed by atoms with van der Waals surface area (Å²) in [6.45, 7) is 1.85. The molecule has 1 heterocycles. The van der Waals surface area contributed by atoms with Crippen molar-refractivity contribution < 1.29 is 19.4 Å². The number of halogens is 2. The molecule has 0 saturated heterocycles. The summed E-state index contributed by atoms with van der Waals surface area (Å²) in [4.78, 5) is 24.1. The third-order valence-corrected chi connectivity index (χ3v) is 5.27. The second-order valence-corrected chi connectivity index (χ2v) is 7.31. The van der Waals surface area contributed by atoms with Gasteiger partial charge in [0.1, 0.15) is 5.75 Å². The summed E-state index contributed by atoms with van der Waals surface area (Å²) in [6.07, 6.45) is 1.05. The highest BCUT2D eigenvalue weighted by molar-refractivity contribution is 6.33. The van der Waals surface area contributed by atoms with Crippen LogP contribution in [0.15, 0.2) is 36.4 Å². The minimum Gasteiger partial charge on any atom is -0.495 e. The number of carboxylic acids is 1. The first-order valence-corrected chi connectivity index (χ1v) is 9.48. The molecule has 0 amide bonds. The zero-order valence-electron chi connectivity index (χ0n) is 15.5. The Labute approximate surface area is 172 Å². The molecule has 1 aromatic heterocycles. The van der Waals surface area contributed by atoms with E-state index in [1.165, 1.54) is 7.11 Å². The third-order valence-electron chi connectivity index (χ3n) is 4.72. The van der Waals surface area contributed by atoms with Crippen molar-refractivity contribution in [3.63, 3.8) is 0 Å². The molecule has 28 heavy (non-hydrogen) atoms. The van der Waals surface area contributed by atoms with Gasteiger partial charge in [0.05, 0.1) is 17.6 Å². The van der Waals surface area contributed by atoms with Crippen LogP contribution >= 0.6 is 23.2 Å². The molecule has 7 heteroatoms. The number of hydrogen-bond acceptors (Lipinski definition) is 3. The predicted octanol–water partition coefficient (Wildman–Crippen LogP) is 5.36. The Morgan fingerprint density at radius 2 is 1.82 bits per heavy atom. The summed E-state index contributed by atoms with van der Waals surface area (Å²) >= 11 is 12.2. The molecule has 0 bridgehead atoms. The molecule has 0 aliphatic heterocycles. The Balaban J connectivity index is 2.16. The number of nitrogens with zero attached hydrogens (tertiary/aromatic N) is 1. The van der Waals surface area contributed by atoms with Crippen LogP contribution in [0.1, 0.15) is 34.5 Å². The maximum atomic E-state index is 13.2. The van der Waals surface area contributed by atoms with Gasteiger partial charge in [-0.3, -0.25) is 14.2 Å². The number of aromatic nitrogens is 1. The van der Waals surface area contributed by atoms with E-state index in [4.69, 9.17) is 33.0 Å². The quantitative estimate of drug-likeness (QED) is 0.583. The highest BCUT2D eigenvalue weighted by atomic mass is 35.5. The zero-order chi connectivity index (χ0) is 20.4. The highest BCUT2D eigenvalue weighted by Crippen LogP contribution is 2.36. The molecule has 3 rings (SSSR count). The Bertz CT molecular complexity index is 1050. The number of carbonyl (C=O) groups is 2. The lowest BCUT2D eigenvalue weighted by Gasteiger charge is -2.09. The molecule has 0 saturated carbocycles. The smallest absolute Gasteiger partial charge is 0.303 e. The maximum Gasteiger partial charge on any atom is 0.303 e. The predicted molar refractivity (Wildman–Crippen MR) is 110 cm³/mol. The van der Waals surface area contributed by atoms with Gasteiger partial charge in [0, 0.05) is 28.1 Å². The lowest BCUT2D eigenvalue weighted by Crippen LogP contribution is -2.13. The first kappa shape index (κ1) is 20.2. The first-order chi connectivity index (χ1) is 13.3. The molecule has 1 N–H and O–H groups in total. The van der Waals surface area contributed by atoms with E-state index in [0.717, 1.165) is 16.6 Å². The van der Waals surface area contributed by atoms with Crippen LogP contribution in [0.25, 0.3) is 10.9 Å². The van der Waals surface area contributed by atoms with Gasteiger partial charge in [0.25, 0.3) is 5.91 Å². The summed E-state index contributed by atoms with van der Waals surface area (Å²) in [5.74, 6) is -0.547. The third kappa shape index (κ3) is 3.86. The van der Waals surface area contributed by atoms with Crippen LogP contribution < -0.4 is 4.74 Å². The highest BCUT2D eigenvalue weighted by Gasteiger charge is 2.21. The minimum absolute atomic E-state index is 0.0575. The lowest BCUT2D eigenvalue weighted by atomic mass is 10.0. The van der Waals surface area contributed by atoms with Gasteiger partial charge in [-0.15, -0.1) is 0 Å². The number of ether oxygens (including phenoxy) is 1. The van der Waals surface area contributed by atoms with E-state index in [2.05, 4.69) is 0 Å². The average molecular weight is 420 g/mol. The molecule has 0 fully saturated rings. The molecule has 0 spiro atoms. The van der Waals surface area contributed by atoms with Crippen molar-refractivity contribution in [1.29, 1.82) is 0 Å². The fourth-order valence-electron chi connectivity index (χ4n) is 3.35. The summed E-state index contributed by atoms with van der Waals surface area (Å²) in [5, 5.41) is 10.7. The largest absolute Gasteiger partial charge is 0.495 e. The minimum atomic E-state index is -0.848. The van der Waals surface area contributed by atoms with Crippen LogP contribution in [0.3, 0.4) is 0 Å². The van der Waals surface area contributed by atoms with Crippen LogP contribution in [0.5, 0.6) is 5.75 Å². The van der Waals surface area contributed by atoms with Crippen LogP contribution in [-0.4, -0.2) is 28.7 Å². The average Bonchev–Trinajstić information content (AvgIpc) is 2.91. The maximum absolute atomic E-state index is 13.2. The van der Waals surface area contributed by atoms with Gasteiger partial charge < -0.3 is 9.84 Å². The van der Waals surface area contributed by atoms with Crippen molar-refractivity contribution in [3.8, 4) is 5.75 Å². The number of hydrogen-bond donors (Lipinski definition) is 1. The van der Waals surface area contributed by atoms with Crippen molar-refractivity contribution >= 4 is 46.0 Å². The number of benzene rings is 2. The summed E-state index contributed by atoms with van der Waals surface area (Å²) in [5.41, 5.74) is 2.82. The Morgan fingerprint density at radius 3 is 2.43 bits per heavy atom. The molecule has 2 aromatic carbocycles. The van der Waals surface area contributed by atoms with Crippen LogP contribution in [0, 0.1) is 6.92 Å². The molecular formula is C21H19Cl2NO4. The number of carbonyl (C=O) groups excluding carboxylic acids is 1. The topological polar surface area (TPSA) is 68.5 Å². The number of methoxy groups -OCH3 is 1. The Morgan fingerprint density at radius 1 is 1.14 bits per heavy atom. The van der Waals surface area contributed by atoms with E-state index in [9.17, 15) is 9.59 Å². The standard InChI is InChI=1S/C21H19Cl2NO4/c1-12-15(4-3-5-20(25)26)16-10-19(28-2)17(23)11-18(16)24(12)21(27)13-6-8-14(22)9-7-13/h6-11H,3-5H2,1-2H3,(H,25,26). The van der Waals surface area contributed by atoms with Crippen molar-refractivity contribution in [2.75, 3.05) is 7.11 Å². The summed E-state index contributed by atoms with van der Waals surface area (Å²) in [7, 11) is 1.53. The van der Waals surface area contributed by atoms with Crippen molar-refractivity contribution in [2.24, 2.45) is 0 Å². The van der Waals surface area contributed by atoms with E-state index in [1.807, 2.05) is 6.92 Å². The van der Waals surface area contributed by atoms with E-state index in [1.54, 1.807) is 41.0 Å². The van der Waals surface area contributed by atoms with Crippen molar-refractivity contribution in [3.05, 3.63) is 63.3 Å². The number of carboxylic acid groups (broad SMARTS) is 1. The SMILES string of the molecule is COc1cc2c(CCCC(=O)O)c(C)n(C(=O)c3ccc(Cl)cc3)c2cc1Cl. The fourth-order valence-corrected chi connectivity index (χ4v) is 3.71. The number of fused-ring (bicyclic) bond motifs is 1. The second kappa shape index (κ2) is 8.25. The fraction of sp³-hybridized carbons (Fsp3) is 0.238. The summed E-state index contributed by atoms with van der Waals surface area (Å²) < 4.78 is 6.93. The van der Waals surface area contributed by atoms with Crippen LogP contribution in [0.4, 0.5) is 0 Å². The zero-order valence-corrected chi connectivity index (χ0v) is 17.0. The molecule has 0 radical (unpaired) electrons. The molecule has 146 valence electrons. The number of aliphatic carboxylic acids is 1. The van der Waals surface area contributed by atoms with Gasteiger partial charge in [-0.05, 0) is 61.7 Å². The van der Waals surface area contributed by atoms with Crippen molar-refractivity contribution in [2.45, 2.75) is 26.2 Å². The lowest BCUT2D eigenvalue weighted by molar-refractivity contribution is -0.137. The molecular weight excluding hydrogens is 401 g/mol. The monoisotopic (exact) mass is 419 g/mol. The molecule has 0 aliphatic carbocycles. The van der Waals surface area contributed by atoms with E-state index in [0.29, 0.717) is 39.7 Å². The normalized spacial score (nSPS) is 11.0. The number of rotatable bonds is 6. The molecule has 5 nitrogen and oxygen atoms in total. The number of aryl methyl sites for hydroxylation is 1. The Hall–Kier alpha value is -2.50. The van der Waals surface area contributed by atoms with Gasteiger partial charge in [-0.1, -0.05) is 23.2 Å². The van der Waals surface area contributed by atoms with Gasteiger partial charge in [-0.2, -0.15) is 0 Å². The van der Waals surface area contributed by atoms with Crippen molar-refractivity contribution in [1.82, 2.24) is 4.57 Å². The van der Waals surface area contributed by atoms with E-state index >= 15 is 0 Å². The van der Waals surface area contributed by atoms with Crippen LogP contribution in [0.2, 0.25) is 10.0 Å². The van der Waals surface area contributed by atoms with E-state index < -0.39 is 5.97 Å². The van der Waals surface area contributed by atoms with E-state index in [-0.39, 0.29) is 12.3 Å². The van der Waals surface area contributed by atoms with Gasteiger partial charge in [0.2, 0.25) is 0 Å². The summed E-state index contributed by atoms with van der Waals surface area (Å²) in [6, 6.07) is 10.2. The second-order valence-electron chi connectivity index (χ2n) is 6.46. The van der Waals surface area contributed by atoms with Gasteiger partial charge in [-0.25, -0.2) is 0 Å². The first-order valence-electron chi connectivity index (χ1n) is 8.73. The Kier molecular flexibility index (Phi) is 5.96.